The molecule has 0 unspecified atom stereocenters. The predicted molar refractivity (Wildman–Crippen MR) is 71.3 cm³/mol. The minimum atomic E-state index is -0.400. The monoisotopic (exact) mass is 250 g/mol. The summed E-state index contributed by atoms with van der Waals surface area (Å²) in [5.41, 5.74) is 0.710. The van der Waals surface area contributed by atoms with Crippen molar-refractivity contribution in [3.63, 3.8) is 0 Å². The summed E-state index contributed by atoms with van der Waals surface area (Å²) in [6.07, 6.45) is 1.78. The molecule has 0 saturated carbocycles. The maximum Gasteiger partial charge on any atom is 0.316 e. The van der Waals surface area contributed by atoms with E-state index in [4.69, 9.17) is 4.74 Å². The molecule has 92 valence electrons. The Labute approximate surface area is 107 Å². The zero-order chi connectivity index (χ0) is 12.1. The minimum Gasteiger partial charge on any atom is -0.465 e. The molecule has 0 atom stereocenters. The van der Waals surface area contributed by atoms with E-state index < -0.39 is 5.41 Å². The highest BCUT2D eigenvalue weighted by Gasteiger charge is 2.42. The summed E-state index contributed by atoms with van der Waals surface area (Å²) < 4.78 is 5.29. The lowest BCUT2D eigenvalue weighted by molar-refractivity contribution is -0.150. The van der Waals surface area contributed by atoms with E-state index in [0.717, 1.165) is 29.9 Å². The molecule has 1 saturated heterocycles. The third kappa shape index (κ3) is 2.49. The number of carbonyl (C=O) groups excluding carboxylic acids is 1. The van der Waals surface area contributed by atoms with Gasteiger partial charge in [0.15, 0.2) is 0 Å². The highest BCUT2D eigenvalue weighted by Crippen LogP contribution is 2.39. The Hall–Kier alpha value is -0.960. The first-order valence-corrected chi connectivity index (χ1v) is 7.25. The second-order valence-electron chi connectivity index (χ2n) is 4.28. The van der Waals surface area contributed by atoms with Crippen molar-refractivity contribution >= 4 is 17.7 Å². The number of thioether (sulfide) groups is 1. The zero-order valence-corrected chi connectivity index (χ0v) is 11.0. The summed E-state index contributed by atoms with van der Waals surface area (Å²) in [5, 5.41) is 0. The minimum absolute atomic E-state index is 0.0495. The lowest BCUT2D eigenvalue weighted by atomic mass is 9.75. The van der Waals surface area contributed by atoms with E-state index >= 15 is 0 Å². The molecule has 0 aliphatic carbocycles. The Bertz CT molecular complexity index is 369. The normalized spacial score (nSPS) is 18.6. The van der Waals surface area contributed by atoms with Crippen LogP contribution in [-0.4, -0.2) is 24.1 Å². The van der Waals surface area contributed by atoms with Crippen LogP contribution in [0.2, 0.25) is 0 Å². The van der Waals surface area contributed by atoms with Crippen molar-refractivity contribution in [1.29, 1.82) is 0 Å². The van der Waals surface area contributed by atoms with Gasteiger partial charge in [0.05, 0.1) is 12.0 Å². The van der Waals surface area contributed by atoms with Crippen molar-refractivity contribution in [3.8, 4) is 0 Å². The fourth-order valence-corrected chi connectivity index (χ4v) is 3.55. The molecule has 1 aliphatic rings. The van der Waals surface area contributed by atoms with Crippen LogP contribution in [0.5, 0.6) is 0 Å². The highest BCUT2D eigenvalue weighted by atomic mass is 32.2. The van der Waals surface area contributed by atoms with Gasteiger partial charge in [-0.3, -0.25) is 4.79 Å². The van der Waals surface area contributed by atoms with Crippen LogP contribution in [0.4, 0.5) is 0 Å². The van der Waals surface area contributed by atoms with E-state index in [1.165, 1.54) is 0 Å². The topological polar surface area (TPSA) is 26.3 Å². The summed E-state index contributed by atoms with van der Waals surface area (Å²) in [4.78, 5) is 12.3. The van der Waals surface area contributed by atoms with Gasteiger partial charge in [0.2, 0.25) is 0 Å². The van der Waals surface area contributed by atoms with Crippen molar-refractivity contribution in [3.05, 3.63) is 35.9 Å². The zero-order valence-electron chi connectivity index (χ0n) is 10.1. The van der Waals surface area contributed by atoms with Gasteiger partial charge in [-0.25, -0.2) is 0 Å². The number of esters is 1. The number of hydrogen-bond acceptors (Lipinski definition) is 3. The Balaban J connectivity index is 2.33. The van der Waals surface area contributed by atoms with Crippen LogP contribution < -0.4 is 0 Å². The smallest absolute Gasteiger partial charge is 0.316 e. The van der Waals surface area contributed by atoms with Crippen molar-refractivity contribution in [2.24, 2.45) is 0 Å². The average molecular weight is 250 g/mol. The largest absolute Gasteiger partial charge is 0.465 e. The van der Waals surface area contributed by atoms with Gasteiger partial charge in [0.25, 0.3) is 0 Å². The Morgan fingerprint density at radius 3 is 2.53 bits per heavy atom. The van der Waals surface area contributed by atoms with Crippen LogP contribution in [0.1, 0.15) is 25.3 Å². The fraction of sp³-hybridized carbons (Fsp3) is 0.500. The van der Waals surface area contributed by atoms with Gasteiger partial charge in [-0.2, -0.15) is 11.8 Å². The molecule has 3 heteroatoms. The van der Waals surface area contributed by atoms with Gasteiger partial charge in [0, 0.05) is 0 Å². The molecule has 2 rings (SSSR count). The lowest BCUT2D eigenvalue weighted by Crippen LogP contribution is -2.40. The van der Waals surface area contributed by atoms with E-state index in [2.05, 4.69) is 0 Å². The Kier molecular flexibility index (Phi) is 4.11. The average Bonchev–Trinajstić information content (AvgIpc) is 2.41. The van der Waals surface area contributed by atoms with Crippen molar-refractivity contribution in [1.82, 2.24) is 0 Å². The first-order chi connectivity index (χ1) is 8.29. The van der Waals surface area contributed by atoms with Crippen LogP contribution in [0.25, 0.3) is 0 Å². The van der Waals surface area contributed by atoms with Crippen LogP contribution in [0.3, 0.4) is 0 Å². The van der Waals surface area contributed by atoms with Crippen molar-refractivity contribution in [2.45, 2.75) is 25.2 Å². The summed E-state index contributed by atoms with van der Waals surface area (Å²) in [7, 11) is 0. The van der Waals surface area contributed by atoms with Gasteiger partial charge >= 0.3 is 5.97 Å². The van der Waals surface area contributed by atoms with Gasteiger partial charge < -0.3 is 4.74 Å². The molecule has 0 spiro atoms. The van der Waals surface area contributed by atoms with Crippen LogP contribution in [0, 0.1) is 0 Å². The van der Waals surface area contributed by atoms with Crippen molar-refractivity contribution < 1.29 is 9.53 Å². The molecule has 0 N–H and O–H groups in total. The number of carbonyl (C=O) groups is 1. The van der Waals surface area contributed by atoms with Gasteiger partial charge in [-0.1, -0.05) is 30.3 Å². The molecule has 17 heavy (non-hydrogen) atoms. The number of benzene rings is 1. The molecule has 0 aromatic heterocycles. The fourth-order valence-electron chi connectivity index (χ4n) is 2.36. The molecule has 1 fully saturated rings. The second-order valence-corrected chi connectivity index (χ2v) is 5.51. The van der Waals surface area contributed by atoms with Crippen LogP contribution >= 0.6 is 11.8 Å². The number of ether oxygens (including phenoxy) is 1. The van der Waals surface area contributed by atoms with Gasteiger partial charge in [-0.15, -0.1) is 0 Å². The highest BCUT2D eigenvalue weighted by molar-refractivity contribution is 7.99. The Morgan fingerprint density at radius 2 is 1.94 bits per heavy atom. The summed E-state index contributed by atoms with van der Waals surface area (Å²) in [5.74, 6) is 2.02. The Morgan fingerprint density at radius 1 is 1.29 bits per heavy atom. The molecular weight excluding hydrogens is 232 g/mol. The molecule has 1 aromatic rings. The van der Waals surface area contributed by atoms with Crippen LogP contribution in [-0.2, 0) is 14.9 Å². The summed E-state index contributed by atoms with van der Waals surface area (Å²) in [6, 6.07) is 10.1. The molecule has 0 amide bonds. The summed E-state index contributed by atoms with van der Waals surface area (Å²) >= 11 is 1.92. The van der Waals surface area contributed by atoms with E-state index in [1.807, 2.05) is 49.0 Å². The first kappa shape index (κ1) is 12.5. The number of rotatable bonds is 3. The van der Waals surface area contributed by atoms with E-state index in [1.54, 1.807) is 0 Å². The maximum absolute atomic E-state index is 12.3. The molecular formula is C14H18O2S. The molecule has 1 heterocycles. The molecule has 0 bridgehead atoms. The van der Waals surface area contributed by atoms with Gasteiger partial charge in [-0.05, 0) is 36.8 Å². The van der Waals surface area contributed by atoms with Crippen molar-refractivity contribution in [2.75, 3.05) is 18.1 Å². The number of hydrogen-bond donors (Lipinski definition) is 0. The van der Waals surface area contributed by atoms with Crippen LogP contribution in [0.15, 0.2) is 30.3 Å². The predicted octanol–water partition coefficient (Wildman–Crippen LogP) is 3.01. The second kappa shape index (κ2) is 5.58. The SMILES string of the molecule is CCOC(=O)C1(c2ccccc2)CCSCC1. The molecule has 1 aromatic carbocycles. The standard InChI is InChI=1S/C14H18O2S/c1-2-16-13(15)14(8-10-17-11-9-14)12-6-4-3-5-7-12/h3-7H,2,8-11H2,1H3. The molecule has 2 nitrogen and oxygen atoms in total. The third-order valence-corrected chi connectivity index (χ3v) is 4.32. The van der Waals surface area contributed by atoms with E-state index in [0.29, 0.717) is 6.61 Å². The maximum atomic E-state index is 12.3. The van der Waals surface area contributed by atoms with E-state index in [-0.39, 0.29) is 5.97 Å². The summed E-state index contributed by atoms with van der Waals surface area (Å²) in [6.45, 7) is 2.33. The molecule has 0 radical (unpaired) electrons. The first-order valence-electron chi connectivity index (χ1n) is 6.10. The molecule has 1 aliphatic heterocycles. The lowest BCUT2D eigenvalue weighted by Gasteiger charge is -2.35. The quantitative estimate of drug-likeness (QED) is 0.771. The van der Waals surface area contributed by atoms with E-state index in [9.17, 15) is 4.79 Å². The van der Waals surface area contributed by atoms with Gasteiger partial charge in [0.1, 0.15) is 0 Å². The third-order valence-electron chi connectivity index (χ3n) is 3.34.